The van der Waals surface area contributed by atoms with Gasteiger partial charge < -0.3 is 10.1 Å². The van der Waals surface area contributed by atoms with Gasteiger partial charge in [0.2, 0.25) is 0 Å². The Kier molecular flexibility index (Phi) is 4.92. The van der Waals surface area contributed by atoms with Gasteiger partial charge in [0.15, 0.2) is 0 Å². The van der Waals surface area contributed by atoms with Crippen LogP contribution in [0.25, 0.3) is 0 Å². The van der Waals surface area contributed by atoms with Crippen LogP contribution in [0.2, 0.25) is 0 Å². The Labute approximate surface area is 128 Å². The van der Waals surface area contributed by atoms with Gasteiger partial charge >= 0.3 is 5.97 Å². The van der Waals surface area contributed by atoms with Gasteiger partial charge in [-0.2, -0.15) is 0 Å². The minimum atomic E-state index is -0.277. The first-order chi connectivity index (χ1) is 9.93. The minimum absolute atomic E-state index is 0.276. The smallest absolute Gasteiger partial charge is 0.339 e. The Morgan fingerprint density at radius 1 is 1.19 bits per heavy atom. The van der Waals surface area contributed by atoms with E-state index in [4.69, 9.17) is 4.74 Å². The van der Waals surface area contributed by atoms with Gasteiger partial charge in [0, 0.05) is 11.7 Å². The number of benzene rings is 1. The molecule has 0 aromatic heterocycles. The SMILES string of the molecule is COC(=O)c1ccccc1NC1CCCCC1C(C)(C)C. The molecule has 1 N–H and O–H groups in total. The lowest BCUT2D eigenvalue weighted by atomic mass is 9.69. The summed E-state index contributed by atoms with van der Waals surface area (Å²) in [4.78, 5) is 11.9. The van der Waals surface area contributed by atoms with E-state index in [1.807, 2.05) is 24.3 Å². The molecule has 0 amide bonds. The topological polar surface area (TPSA) is 38.3 Å². The fraction of sp³-hybridized carbons (Fsp3) is 0.611. The van der Waals surface area contributed by atoms with Crippen LogP contribution in [0.15, 0.2) is 24.3 Å². The van der Waals surface area contributed by atoms with Crippen LogP contribution in [0.3, 0.4) is 0 Å². The molecule has 116 valence electrons. The first-order valence-electron chi connectivity index (χ1n) is 7.87. The minimum Gasteiger partial charge on any atom is -0.465 e. The van der Waals surface area contributed by atoms with E-state index in [0.717, 1.165) is 12.1 Å². The van der Waals surface area contributed by atoms with E-state index in [-0.39, 0.29) is 11.4 Å². The molecule has 2 unspecified atom stereocenters. The lowest BCUT2D eigenvalue weighted by Gasteiger charge is -2.41. The van der Waals surface area contributed by atoms with Crippen molar-refractivity contribution in [2.45, 2.75) is 52.5 Å². The molecule has 2 atom stereocenters. The number of carbonyl (C=O) groups excluding carboxylic acids is 1. The maximum Gasteiger partial charge on any atom is 0.339 e. The van der Waals surface area contributed by atoms with Crippen LogP contribution in [0, 0.1) is 11.3 Å². The number of esters is 1. The number of nitrogens with one attached hydrogen (secondary N) is 1. The number of carbonyl (C=O) groups is 1. The van der Waals surface area contributed by atoms with Gasteiger partial charge in [-0.05, 0) is 36.3 Å². The molecule has 1 aromatic carbocycles. The van der Waals surface area contributed by atoms with Crippen LogP contribution in [-0.4, -0.2) is 19.1 Å². The van der Waals surface area contributed by atoms with E-state index in [2.05, 4.69) is 26.1 Å². The van der Waals surface area contributed by atoms with Gasteiger partial charge in [-0.3, -0.25) is 0 Å². The van der Waals surface area contributed by atoms with Crippen LogP contribution < -0.4 is 5.32 Å². The molecule has 1 saturated carbocycles. The fourth-order valence-electron chi connectivity index (χ4n) is 3.44. The van der Waals surface area contributed by atoms with Gasteiger partial charge in [-0.1, -0.05) is 45.7 Å². The fourth-order valence-corrected chi connectivity index (χ4v) is 3.44. The van der Waals surface area contributed by atoms with E-state index >= 15 is 0 Å². The van der Waals surface area contributed by atoms with Gasteiger partial charge in [0.25, 0.3) is 0 Å². The van der Waals surface area contributed by atoms with E-state index < -0.39 is 0 Å². The molecule has 21 heavy (non-hydrogen) atoms. The Morgan fingerprint density at radius 3 is 2.52 bits per heavy atom. The number of hydrogen-bond donors (Lipinski definition) is 1. The summed E-state index contributed by atoms with van der Waals surface area (Å²) in [5.41, 5.74) is 1.79. The van der Waals surface area contributed by atoms with Crippen molar-refractivity contribution in [1.82, 2.24) is 0 Å². The number of methoxy groups -OCH3 is 1. The van der Waals surface area contributed by atoms with Crippen molar-refractivity contribution in [3.63, 3.8) is 0 Å². The zero-order valence-electron chi connectivity index (χ0n) is 13.6. The molecule has 1 aliphatic carbocycles. The molecule has 1 aliphatic rings. The van der Waals surface area contributed by atoms with Gasteiger partial charge in [-0.15, -0.1) is 0 Å². The summed E-state index contributed by atoms with van der Waals surface area (Å²) in [6, 6.07) is 8.05. The predicted molar refractivity (Wildman–Crippen MR) is 86.6 cm³/mol. The average Bonchev–Trinajstić information content (AvgIpc) is 2.46. The molecule has 1 fully saturated rings. The van der Waals surface area contributed by atoms with Gasteiger partial charge in [-0.25, -0.2) is 4.79 Å². The van der Waals surface area contributed by atoms with E-state index in [0.29, 0.717) is 17.5 Å². The van der Waals surface area contributed by atoms with Crippen molar-refractivity contribution in [2.24, 2.45) is 11.3 Å². The van der Waals surface area contributed by atoms with Crippen LogP contribution >= 0.6 is 0 Å². The number of rotatable bonds is 3. The Hall–Kier alpha value is -1.51. The van der Waals surface area contributed by atoms with Crippen molar-refractivity contribution in [3.05, 3.63) is 29.8 Å². The summed E-state index contributed by atoms with van der Waals surface area (Å²) >= 11 is 0. The summed E-state index contributed by atoms with van der Waals surface area (Å²) < 4.78 is 4.88. The lowest BCUT2D eigenvalue weighted by molar-refractivity contribution is 0.0601. The summed E-state index contributed by atoms with van der Waals surface area (Å²) in [6.45, 7) is 6.93. The monoisotopic (exact) mass is 289 g/mol. The molecule has 3 heteroatoms. The highest BCUT2D eigenvalue weighted by molar-refractivity contribution is 5.95. The molecule has 0 radical (unpaired) electrons. The van der Waals surface area contributed by atoms with E-state index in [9.17, 15) is 4.79 Å². The summed E-state index contributed by atoms with van der Waals surface area (Å²) in [5.74, 6) is 0.346. The Balaban J connectivity index is 2.22. The Morgan fingerprint density at radius 2 is 1.86 bits per heavy atom. The molecule has 2 rings (SSSR count). The number of ether oxygens (including phenoxy) is 1. The van der Waals surface area contributed by atoms with Crippen molar-refractivity contribution < 1.29 is 9.53 Å². The highest BCUT2D eigenvalue weighted by atomic mass is 16.5. The van der Waals surface area contributed by atoms with Gasteiger partial charge in [0.1, 0.15) is 0 Å². The van der Waals surface area contributed by atoms with Crippen molar-refractivity contribution in [1.29, 1.82) is 0 Å². The zero-order chi connectivity index (χ0) is 15.5. The second kappa shape index (κ2) is 6.50. The molecule has 1 aromatic rings. The summed E-state index contributed by atoms with van der Waals surface area (Å²) in [6.07, 6.45) is 4.97. The lowest BCUT2D eigenvalue weighted by Crippen LogP contribution is -2.40. The summed E-state index contributed by atoms with van der Waals surface area (Å²) in [5, 5.41) is 3.62. The molecule has 3 nitrogen and oxygen atoms in total. The van der Waals surface area contributed by atoms with Crippen LogP contribution in [0.4, 0.5) is 5.69 Å². The third kappa shape index (κ3) is 3.78. The largest absolute Gasteiger partial charge is 0.465 e. The third-order valence-corrected chi connectivity index (χ3v) is 4.55. The number of hydrogen-bond acceptors (Lipinski definition) is 3. The summed E-state index contributed by atoms with van der Waals surface area (Å²) in [7, 11) is 1.43. The first kappa shape index (κ1) is 15.9. The van der Waals surface area contributed by atoms with Crippen molar-refractivity contribution in [2.75, 3.05) is 12.4 Å². The maximum absolute atomic E-state index is 11.9. The molecule has 0 bridgehead atoms. The zero-order valence-corrected chi connectivity index (χ0v) is 13.6. The highest BCUT2D eigenvalue weighted by Crippen LogP contribution is 2.39. The quantitative estimate of drug-likeness (QED) is 0.833. The third-order valence-electron chi connectivity index (χ3n) is 4.55. The predicted octanol–water partition coefficient (Wildman–Crippen LogP) is 4.49. The molecular weight excluding hydrogens is 262 g/mol. The molecule has 0 aliphatic heterocycles. The molecule has 0 spiro atoms. The molecule has 0 heterocycles. The van der Waals surface area contributed by atoms with Crippen LogP contribution in [-0.2, 0) is 4.74 Å². The maximum atomic E-state index is 11.9. The van der Waals surface area contributed by atoms with Crippen molar-refractivity contribution in [3.8, 4) is 0 Å². The average molecular weight is 289 g/mol. The second-order valence-electron chi connectivity index (χ2n) is 7.04. The second-order valence-corrected chi connectivity index (χ2v) is 7.04. The van der Waals surface area contributed by atoms with Crippen LogP contribution in [0.5, 0.6) is 0 Å². The van der Waals surface area contributed by atoms with Crippen LogP contribution in [0.1, 0.15) is 56.8 Å². The molecule has 0 saturated heterocycles. The van der Waals surface area contributed by atoms with Crippen molar-refractivity contribution >= 4 is 11.7 Å². The number of para-hydroxylation sites is 1. The standard InChI is InChI=1S/C18H27NO2/c1-18(2,3)14-10-6-8-12-16(14)19-15-11-7-5-9-13(15)17(20)21-4/h5,7,9,11,14,16,19H,6,8,10,12H2,1-4H3. The normalized spacial score (nSPS) is 22.7. The number of anilines is 1. The van der Waals surface area contributed by atoms with E-state index in [1.54, 1.807) is 0 Å². The van der Waals surface area contributed by atoms with Gasteiger partial charge in [0.05, 0.1) is 12.7 Å². The Bertz CT molecular complexity index is 490. The first-order valence-corrected chi connectivity index (χ1v) is 7.87. The molecular formula is C18H27NO2. The highest BCUT2D eigenvalue weighted by Gasteiger charge is 2.34. The van der Waals surface area contributed by atoms with E-state index in [1.165, 1.54) is 26.4 Å².